The van der Waals surface area contributed by atoms with Crippen LogP contribution in [-0.4, -0.2) is 23.0 Å². The molecule has 82 valence electrons. The van der Waals surface area contributed by atoms with Gasteiger partial charge in [-0.05, 0) is 22.9 Å². The highest BCUT2D eigenvalue weighted by Gasteiger charge is 2.08. The summed E-state index contributed by atoms with van der Waals surface area (Å²) in [7, 11) is 0. The van der Waals surface area contributed by atoms with Gasteiger partial charge in [0.05, 0.1) is 21.8 Å². The zero-order valence-electron chi connectivity index (χ0n) is 8.50. The highest BCUT2D eigenvalue weighted by molar-refractivity contribution is 9.11. The minimum atomic E-state index is 0.313. The first-order chi connectivity index (χ1) is 7.24. The molecule has 0 amide bonds. The standard InChI is InChI=1S/C10H13BrN2S2/c1-3-5-14-6-4-12-8(2)10-13-7-9(11)15-10/h1,7-8,12H,4-6H2,2H3. The highest BCUT2D eigenvalue weighted by atomic mass is 79.9. The van der Waals surface area contributed by atoms with E-state index in [-0.39, 0.29) is 0 Å². The molecule has 0 fully saturated rings. The summed E-state index contributed by atoms with van der Waals surface area (Å²) in [6.07, 6.45) is 7.00. The van der Waals surface area contributed by atoms with Crippen LogP contribution in [0.15, 0.2) is 9.98 Å². The molecule has 0 aromatic carbocycles. The molecule has 1 atom stereocenters. The first-order valence-corrected chi connectivity index (χ1v) is 7.36. The molecular weight excluding hydrogens is 292 g/mol. The smallest absolute Gasteiger partial charge is 0.110 e. The van der Waals surface area contributed by atoms with E-state index in [1.807, 2.05) is 6.20 Å². The number of nitrogens with zero attached hydrogens (tertiary/aromatic N) is 1. The Labute approximate surface area is 107 Å². The van der Waals surface area contributed by atoms with Crippen molar-refractivity contribution in [1.82, 2.24) is 10.3 Å². The van der Waals surface area contributed by atoms with E-state index in [1.165, 1.54) is 0 Å². The van der Waals surface area contributed by atoms with Gasteiger partial charge in [0.15, 0.2) is 0 Å². The Bertz CT molecular complexity index is 332. The third-order valence-electron chi connectivity index (χ3n) is 1.75. The Kier molecular flexibility index (Phi) is 6.34. The quantitative estimate of drug-likeness (QED) is 0.646. The van der Waals surface area contributed by atoms with Crippen LogP contribution in [0.25, 0.3) is 0 Å². The first kappa shape index (κ1) is 13.0. The van der Waals surface area contributed by atoms with E-state index >= 15 is 0 Å². The van der Waals surface area contributed by atoms with Crippen molar-refractivity contribution in [3.8, 4) is 12.3 Å². The fourth-order valence-electron chi connectivity index (χ4n) is 1.03. The van der Waals surface area contributed by atoms with Crippen LogP contribution in [0.5, 0.6) is 0 Å². The predicted molar refractivity (Wildman–Crippen MR) is 72.4 cm³/mol. The molecule has 5 heteroatoms. The Morgan fingerprint density at radius 3 is 3.20 bits per heavy atom. The van der Waals surface area contributed by atoms with Crippen LogP contribution in [-0.2, 0) is 0 Å². The Balaban J connectivity index is 2.19. The third-order valence-corrected chi connectivity index (χ3v) is 4.27. The van der Waals surface area contributed by atoms with E-state index < -0.39 is 0 Å². The lowest BCUT2D eigenvalue weighted by atomic mass is 10.3. The molecule has 0 bridgehead atoms. The fraction of sp³-hybridized carbons (Fsp3) is 0.500. The predicted octanol–water partition coefficient (Wildman–Crippen LogP) is 2.92. The largest absolute Gasteiger partial charge is 0.307 e. The molecule has 0 radical (unpaired) electrons. The lowest BCUT2D eigenvalue weighted by Gasteiger charge is -2.09. The van der Waals surface area contributed by atoms with Crippen molar-refractivity contribution in [2.24, 2.45) is 0 Å². The maximum absolute atomic E-state index is 5.16. The second-order valence-corrected chi connectivity index (χ2v) is 6.48. The van der Waals surface area contributed by atoms with Crippen molar-refractivity contribution in [3.63, 3.8) is 0 Å². The number of terminal acetylenes is 1. The molecular formula is C10H13BrN2S2. The number of hydrogen-bond donors (Lipinski definition) is 1. The van der Waals surface area contributed by atoms with Crippen LogP contribution < -0.4 is 5.32 Å². The summed E-state index contributed by atoms with van der Waals surface area (Å²) < 4.78 is 1.08. The molecule has 0 saturated carbocycles. The second kappa shape index (κ2) is 7.29. The first-order valence-electron chi connectivity index (χ1n) is 4.60. The van der Waals surface area contributed by atoms with E-state index in [0.29, 0.717) is 6.04 Å². The SMILES string of the molecule is C#CCSCCNC(C)c1ncc(Br)s1. The van der Waals surface area contributed by atoms with Gasteiger partial charge in [-0.25, -0.2) is 4.98 Å². The zero-order valence-corrected chi connectivity index (χ0v) is 11.7. The average molecular weight is 305 g/mol. The van der Waals surface area contributed by atoms with Crippen LogP contribution >= 0.6 is 39.0 Å². The minimum absolute atomic E-state index is 0.313. The van der Waals surface area contributed by atoms with E-state index in [9.17, 15) is 0 Å². The number of thiazole rings is 1. The topological polar surface area (TPSA) is 24.9 Å². The van der Waals surface area contributed by atoms with Crippen LogP contribution in [0, 0.1) is 12.3 Å². The molecule has 1 aromatic heterocycles. The van der Waals surface area contributed by atoms with Gasteiger partial charge in [-0.15, -0.1) is 29.5 Å². The van der Waals surface area contributed by atoms with E-state index in [0.717, 1.165) is 26.8 Å². The van der Waals surface area contributed by atoms with Crippen LogP contribution in [0.3, 0.4) is 0 Å². The summed E-state index contributed by atoms with van der Waals surface area (Å²) in [6, 6.07) is 0.313. The molecule has 1 aromatic rings. The molecule has 1 unspecified atom stereocenters. The Hall–Kier alpha value is -0.0200. The van der Waals surface area contributed by atoms with Gasteiger partial charge in [-0.1, -0.05) is 5.92 Å². The summed E-state index contributed by atoms with van der Waals surface area (Å²) in [5.41, 5.74) is 0. The van der Waals surface area contributed by atoms with Gasteiger partial charge in [0.25, 0.3) is 0 Å². The second-order valence-electron chi connectivity index (χ2n) is 2.94. The average Bonchev–Trinajstić information content (AvgIpc) is 2.64. The van der Waals surface area contributed by atoms with Gasteiger partial charge in [-0.3, -0.25) is 0 Å². The van der Waals surface area contributed by atoms with Gasteiger partial charge >= 0.3 is 0 Å². The monoisotopic (exact) mass is 304 g/mol. The van der Waals surface area contributed by atoms with Crippen molar-refractivity contribution in [2.45, 2.75) is 13.0 Å². The molecule has 0 saturated heterocycles. The van der Waals surface area contributed by atoms with Crippen molar-refractivity contribution >= 4 is 39.0 Å². The number of rotatable bonds is 6. The number of nitrogens with one attached hydrogen (secondary N) is 1. The van der Waals surface area contributed by atoms with Crippen molar-refractivity contribution in [1.29, 1.82) is 0 Å². The van der Waals surface area contributed by atoms with Crippen LogP contribution in [0.1, 0.15) is 18.0 Å². The maximum atomic E-state index is 5.16. The highest BCUT2D eigenvalue weighted by Crippen LogP contribution is 2.23. The molecule has 15 heavy (non-hydrogen) atoms. The lowest BCUT2D eigenvalue weighted by Crippen LogP contribution is -2.21. The van der Waals surface area contributed by atoms with E-state index in [1.54, 1.807) is 23.1 Å². The molecule has 0 aliphatic carbocycles. The maximum Gasteiger partial charge on any atom is 0.110 e. The molecule has 0 aliphatic rings. The van der Waals surface area contributed by atoms with Gasteiger partial charge in [0, 0.05) is 12.3 Å². The molecule has 1 rings (SSSR count). The minimum Gasteiger partial charge on any atom is -0.307 e. The van der Waals surface area contributed by atoms with Crippen molar-refractivity contribution in [3.05, 3.63) is 15.0 Å². The van der Waals surface area contributed by atoms with Crippen molar-refractivity contribution < 1.29 is 0 Å². The summed E-state index contributed by atoms with van der Waals surface area (Å²) in [4.78, 5) is 4.30. The number of hydrogen-bond acceptors (Lipinski definition) is 4. The van der Waals surface area contributed by atoms with E-state index in [2.05, 4.69) is 39.1 Å². The number of halogens is 1. The fourth-order valence-corrected chi connectivity index (χ4v) is 2.83. The third kappa shape index (κ3) is 5.03. The lowest BCUT2D eigenvalue weighted by molar-refractivity contribution is 0.598. The van der Waals surface area contributed by atoms with Crippen molar-refractivity contribution in [2.75, 3.05) is 18.1 Å². The summed E-state index contributed by atoms with van der Waals surface area (Å²) in [6.45, 7) is 3.09. The van der Waals surface area contributed by atoms with Gasteiger partial charge < -0.3 is 5.32 Å². The van der Waals surface area contributed by atoms with Gasteiger partial charge in [0.2, 0.25) is 0 Å². The molecule has 0 spiro atoms. The molecule has 0 aliphatic heterocycles. The van der Waals surface area contributed by atoms with Gasteiger partial charge in [-0.2, -0.15) is 0 Å². The number of thioether (sulfide) groups is 1. The molecule has 2 nitrogen and oxygen atoms in total. The molecule has 1 heterocycles. The number of aromatic nitrogens is 1. The van der Waals surface area contributed by atoms with Crippen LogP contribution in [0.4, 0.5) is 0 Å². The van der Waals surface area contributed by atoms with Crippen LogP contribution in [0.2, 0.25) is 0 Å². The van der Waals surface area contributed by atoms with Gasteiger partial charge in [0.1, 0.15) is 5.01 Å². The summed E-state index contributed by atoms with van der Waals surface area (Å²) in [5.74, 6) is 4.44. The Morgan fingerprint density at radius 2 is 2.60 bits per heavy atom. The molecule has 1 N–H and O–H groups in total. The Morgan fingerprint density at radius 1 is 1.80 bits per heavy atom. The summed E-state index contributed by atoms with van der Waals surface area (Å²) >= 11 is 6.84. The zero-order chi connectivity index (χ0) is 11.1. The summed E-state index contributed by atoms with van der Waals surface area (Å²) in [5, 5.41) is 4.52. The van der Waals surface area contributed by atoms with E-state index in [4.69, 9.17) is 6.42 Å². The normalized spacial score (nSPS) is 12.3.